The van der Waals surface area contributed by atoms with E-state index in [1.807, 2.05) is 0 Å². The number of H-pyrrole nitrogens is 1. The van der Waals surface area contributed by atoms with E-state index < -0.39 is 0 Å². The standard InChI is InChI=1S/C14H9Cl2N3O2/c15-7-4-5-8(9(16)6-7)12-13(21-19-14(12)17)10-2-1-3-11(20)18-10/h1-6H,(H2,17,19)(H,18,20). The number of hydrogen-bond acceptors (Lipinski definition) is 4. The van der Waals surface area contributed by atoms with Crippen molar-refractivity contribution in [3.63, 3.8) is 0 Å². The monoisotopic (exact) mass is 321 g/mol. The van der Waals surface area contributed by atoms with Crippen molar-refractivity contribution < 1.29 is 4.52 Å². The van der Waals surface area contributed by atoms with Crippen molar-refractivity contribution >= 4 is 29.0 Å². The molecule has 0 unspecified atom stereocenters. The van der Waals surface area contributed by atoms with Crippen LogP contribution >= 0.6 is 23.2 Å². The van der Waals surface area contributed by atoms with Crippen molar-refractivity contribution in [2.45, 2.75) is 0 Å². The number of benzene rings is 1. The van der Waals surface area contributed by atoms with Gasteiger partial charge in [0, 0.05) is 16.7 Å². The van der Waals surface area contributed by atoms with Gasteiger partial charge in [0.2, 0.25) is 5.56 Å². The van der Waals surface area contributed by atoms with Gasteiger partial charge in [-0.1, -0.05) is 40.5 Å². The Morgan fingerprint density at radius 3 is 2.71 bits per heavy atom. The Kier molecular flexibility index (Phi) is 3.45. The van der Waals surface area contributed by atoms with Crippen LogP contribution in [0.4, 0.5) is 5.82 Å². The molecule has 0 atom stereocenters. The molecule has 0 radical (unpaired) electrons. The fourth-order valence-corrected chi connectivity index (χ4v) is 2.52. The molecular formula is C14H9Cl2N3O2. The summed E-state index contributed by atoms with van der Waals surface area (Å²) in [6.07, 6.45) is 0. The SMILES string of the molecule is Nc1noc(-c2cccc(=O)[nH]2)c1-c1ccc(Cl)cc1Cl. The summed E-state index contributed by atoms with van der Waals surface area (Å²) in [6.45, 7) is 0. The van der Waals surface area contributed by atoms with Crippen LogP contribution in [0.15, 0.2) is 45.7 Å². The highest BCUT2D eigenvalue weighted by molar-refractivity contribution is 6.36. The van der Waals surface area contributed by atoms with Crippen LogP contribution in [0.5, 0.6) is 0 Å². The van der Waals surface area contributed by atoms with Crippen LogP contribution < -0.4 is 11.3 Å². The van der Waals surface area contributed by atoms with Gasteiger partial charge in [-0.25, -0.2) is 0 Å². The number of rotatable bonds is 2. The lowest BCUT2D eigenvalue weighted by Crippen LogP contribution is -2.03. The van der Waals surface area contributed by atoms with Gasteiger partial charge >= 0.3 is 0 Å². The lowest BCUT2D eigenvalue weighted by Gasteiger charge is -2.05. The zero-order valence-electron chi connectivity index (χ0n) is 10.6. The fraction of sp³-hybridized carbons (Fsp3) is 0. The molecule has 3 rings (SSSR count). The van der Waals surface area contributed by atoms with Gasteiger partial charge in [0.1, 0.15) is 0 Å². The minimum atomic E-state index is -0.254. The normalized spacial score (nSPS) is 10.8. The molecule has 0 aliphatic rings. The van der Waals surface area contributed by atoms with Crippen LogP contribution in [0.3, 0.4) is 0 Å². The van der Waals surface area contributed by atoms with E-state index in [0.717, 1.165) is 0 Å². The first-order valence-electron chi connectivity index (χ1n) is 5.96. The fourth-order valence-electron chi connectivity index (χ4n) is 2.02. The van der Waals surface area contributed by atoms with Gasteiger partial charge in [-0.2, -0.15) is 0 Å². The second kappa shape index (κ2) is 5.27. The van der Waals surface area contributed by atoms with Crippen molar-refractivity contribution in [3.8, 4) is 22.6 Å². The quantitative estimate of drug-likeness (QED) is 0.755. The second-order valence-electron chi connectivity index (χ2n) is 4.32. The molecule has 21 heavy (non-hydrogen) atoms. The number of halogens is 2. The number of nitrogens with zero attached hydrogens (tertiary/aromatic N) is 1. The van der Waals surface area contributed by atoms with E-state index in [0.29, 0.717) is 32.6 Å². The first kappa shape index (κ1) is 13.7. The molecule has 2 aromatic heterocycles. The number of nitrogens with two attached hydrogens (primary N) is 1. The molecule has 3 aromatic rings. The summed E-state index contributed by atoms with van der Waals surface area (Å²) >= 11 is 12.1. The highest BCUT2D eigenvalue weighted by Gasteiger charge is 2.20. The van der Waals surface area contributed by atoms with Gasteiger partial charge in [0.15, 0.2) is 11.6 Å². The number of aromatic amines is 1. The summed E-state index contributed by atoms with van der Waals surface area (Å²) in [4.78, 5) is 14.1. The van der Waals surface area contributed by atoms with Crippen molar-refractivity contribution in [1.82, 2.24) is 10.1 Å². The van der Waals surface area contributed by atoms with Crippen molar-refractivity contribution in [3.05, 3.63) is 56.8 Å². The van der Waals surface area contributed by atoms with E-state index in [-0.39, 0.29) is 11.4 Å². The third-order valence-electron chi connectivity index (χ3n) is 2.93. The summed E-state index contributed by atoms with van der Waals surface area (Å²) in [5.41, 5.74) is 7.22. The molecule has 1 aromatic carbocycles. The van der Waals surface area contributed by atoms with E-state index in [2.05, 4.69) is 10.1 Å². The topological polar surface area (TPSA) is 84.9 Å². The zero-order valence-corrected chi connectivity index (χ0v) is 12.1. The molecule has 3 N–H and O–H groups in total. The highest BCUT2D eigenvalue weighted by atomic mass is 35.5. The first-order chi connectivity index (χ1) is 10.1. The number of nitrogen functional groups attached to an aromatic ring is 1. The van der Waals surface area contributed by atoms with Gasteiger partial charge in [-0.15, -0.1) is 0 Å². The average Bonchev–Trinajstić information content (AvgIpc) is 2.81. The van der Waals surface area contributed by atoms with Crippen LogP contribution in [0.2, 0.25) is 10.0 Å². The molecule has 2 heterocycles. The van der Waals surface area contributed by atoms with Crippen LogP contribution in [0, 0.1) is 0 Å². The van der Waals surface area contributed by atoms with E-state index in [9.17, 15) is 4.79 Å². The Morgan fingerprint density at radius 1 is 1.19 bits per heavy atom. The molecule has 0 spiro atoms. The van der Waals surface area contributed by atoms with Crippen LogP contribution in [-0.4, -0.2) is 10.1 Å². The van der Waals surface area contributed by atoms with E-state index in [4.69, 9.17) is 33.5 Å². The predicted molar refractivity (Wildman–Crippen MR) is 82.4 cm³/mol. The number of anilines is 1. The Labute approximate surface area is 129 Å². The third-order valence-corrected chi connectivity index (χ3v) is 3.48. The number of nitrogens with one attached hydrogen (secondary N) is 1. The molecule has 0 amide bonds. The average molecular weight is 322 g/mol. The highest BCUT2D eigenvalue weighted by Crippen LogP contribution is 2.39. The molecule has 106 valence electrons. The first-order valence-corrected chi connectivity index (χ1v) is 6.72. The summed E-state index contributed by atoms with van der Waals surface area (Å²) in [6, 6.07) is 9.71. The van der Waals surface area contributed by atoms with Gasteiger partial charge < -0.3 is 15.2 Å². The maximum atomic E-state index is 11.4. The number of hydrogen-bond donors (Lipinski definition) is 2. The largest absolute Gasteiger partial charge is 0.380 e. The maximum absolute atomic E-state index is 11.4. The molecule has 0 saturated heterocycles. The second-order valence-corrected chi connectivity index (χ2v) is 5.17. The summed E-state index contributed by atoms with van der Waals surface area (Å²) < 4.78 is 5.24. The number of pyridine rings is 1. The number of aromatic nitrogens is 2. The molecule has 5 nitrogen and oxygen atoms in total. The van der Waals surface area contributed by atoms with Crippen molar-refractivity contribution in [2.24, 2.45) is 0 Å². The van der Waals surface area contributed by atoms with Crippen molar-refractivity contribution in [2.75, 3.05) is 5.73 Å². The van der Waals surface area contributed by atoms with E-state index >= 15 is 0 Å². The molecule has 0 bridgehead atoms. The third kappa shape index (κ3) is 2.53. The molecule has 0 aliphatic heterocycles. The molecule has 0 aliphatic carbocycles. The minimum absolute atomic E-state index is 0.180. The smallest absolute Gasteiger partial charge is 0.248 e. The molecule has 7 heteroatoms. The lowest BCUT2D eigenvalue weighted by atomic mass is 10.0. The zero-order chi connectivity index (χ0) is 15.0. The van der Waals surface area contributed by atoms with E-state index in [1.165, 1.54) is 6.07 Å². The Bertz CT molecular complexity index is 871. The summed E-state index contributed by atoms with van der Waals surface area (Å²) in [5.74, 6) is 0.522. The maximum Gasteiger partial charge on any atom is 0.248 e. The van der Waals surface area contributed by atoms with Crippen LogP contribution in [0.25, 0.3) is 22.6 Å². The van der Waals surface area contributed by atoms with E-state index in [1.54, 1.807) is 30.3 Å². The summed E-state index contributed by atoms with van der Waals surface area (Å²) in [5, 5.41) is 4.67. The minimum Gasteiger partial charge on any atom is -0.380 e. The van der Waals surface area contributed by atoms with Crippen LogP contribution in [0.1, 0.15) is 0 Å². The summed E-state index contributed by atoms with van der Waals surface area (Å²) in [7, 11) is 0. The Morgan fingerprint density at radius 2 is 2.00 bits per heavy atom. The predicted octanol–water partition coefficient (Wildman–Crippen LogP) is 3.59. The van der Waals surface area contributed by atoms with Gasteiger partial charge in [0.05, 0.1) is 16.3 Å². The Hall–Kier alpha value is -2.24. The Balaban J connectivity index is 2.24. The van der Waals surface area contributed by atoms with Gasteiger partial charge in [-0.3, -0.25) is 4.79 Å². The molecular weight excluding hydrogens is 313 g/mol. The van der Waals surface area contributed by atoms with Gasteiger partial charge in [-0.05, 0) is 18.2 Å². The molecule has 0 saturated carbocycles. The van der Waals surface area contributed by atoms with Crippen LogP contribution in [-0.2, 0) is 0 Å². The van der Waals surface area contributed by atoms with Crippen molar-refractivity contribution in [1.29, 1.82) is 0 Å². The molecule has 0 fully saturated rings. The van der Waals surface area contributed by atoms with Gasteiger partial charge in [0.25, 0.3) is 0 Å². The lowest BCUT2D eigenvalue weighted by molar-refractivity contribution is 0.434.